The summed E-state index contributed by atoms with van der Waals surface area (Å²) in [6.45, 7) is 7.34. The fourth-order valence-corrected chi connectivity index (χ4v) is 1.84. The summed E-state index contributed by atoms with van der Waals surface area (Å²) in [4.78, 5) is 11.3. The summed E-state index contributed by atoms with van der Waals surface area (Å²) < 4.78 is 5.33. The van der Waals surface area contributed by atoms with Crippen LogP contribution in [0.2, 0.25) is 0 Å². The fourth-order valence-electron chi connectivity index (χ4n) is 1.84. The number of esters is 1. The van der Waals surface area contributed by atoms with Crippen molar-refractivity contribution in [2.24, 2.45) is 5.92 Å². The quantitative estimate of drug-likeness (QED) is 0.511. The second-order valence-electron chi connectivity index (χ2n) is 4.07. The standard InChI is InChI=1S/C12H19O2/c1-4-10-6-5-7-11(8-10)14-12(13)9(2)3/h4,10-11H,2,5-8H2,1,3H3. The van der Waals surface area contributed by atoms with Crippen LogP contribution in [0.15, 0.2) is 12.2 Å². The molecule has 2 nitrogen and oxygen atoms in total. The van der Waals surface area contributed by atoms with Gasteiger partial charge < -0.3 is 4.74 Å². The molecule has 0 saturated heterocycles. The molecule has 14 heavy (non-hydrogen) atoms. The molecule has 1 fully saturated rings. The summed E-state index contributed by atoms with van der Waals surface area (Å²) >= 11 is 0. The molecule has 1 saturated carbocycles. The highest BCUT2D eigenvalue weighted by atomic mass is 16.5. The molecule has 0 aromatic rings. The first-order valence-electron chi connectivity index (χ1n) is 5.29. The van der Waals surface area contributed by atoms with Crippen LogP contribution in [0.4, 0.5) is 0 Å². The molecule has 0 heterocycles. The number of hydrogen-bond donors (Lipinski definition) is 0. The van der Waals surface area contributed by atoms with Crippen LogP contribution >= 0.6 is 0 Å². The Kier molecular flexibility index (Phi) is 4.18. The molecule has 0 amide bonds. The van der Waals surface area contributed by atoms with Gasteiger partial charge in [0.05, 0.1) is 0 Å². The lowest BCUT2D eigenvalue weighted by molar-refractivity contribution is -0.146. The Labute approximate surface area is 86.3 Å². The molecular formula is C12H19O2. The minimum atomic E-state index is -0.244. The van der Waals surface area contributed by atoms with Gasteiger partial charge in [0.1, 0.15) is 6.10 Å². The van der Waals surface area contributed by atoms with Crippen molar-refractivity contribution in [3.63, 3.8) is 0 Å². The second-order valence-corrected chi connectivity index (χ2v) is 4.07. The fraction of sp³-hybridized carbons (Fsp3) is 0.667. The lowest BCUT2D eigenvalue weighted by Gasteiger charge is -2.28. The number of carbonyl (C=O) groups is 1. The van der Waals surface area contributed by atoms with Gasteiger partial charge in [0.25, 0.3) is 0 Å². The van der Waals surface area contributed by atoms with Crippen LogP contribution in [-0.2, 0) is 9.53 Å². The first-order valence-corrected chi connectivity index (χ1v) is 5.29. The Morgan fingerprint density at radius 2 is 2.21 bits per heavy atom. The normalized spacial score (nSPS) is 27.0. The maximum Gasteiger partial charge on any atom is 0.333 e. The van der Waals surface area contributed by atoms with E-state index in [1.54, 1.807) is 6.92 Å². The van der Waals surface area contributed by atoms with Crippen LogP contribution < -0.4 is 0 Å². The van der Waals surface area contributed by atoms with E-state index >= 15 is 0 Å². The van der Waals surface area contributed by atoms with Crippen LogP contribution in [0.3, 0.4) is 0 Å². The average Bonchev–Trinajstić information content (AvgIpc) is 2.18. The summed E-state index contributed by atoms with van der Waals surface area (Å²) in [6, 6.07) is 0. The van der Waals surface area contributed by atoms with Crippen LogP contribution in [0.1, 0.15) is 39.5 Å². The third-order valence-electron chi connectivity index (χ3n) is 2.76. The largest absolute Gasteiger partial charge is 0.459 e. The molecule has 79 valence electrons. The van der Waals surface area contributed by atoms with Crippen molar-refractivity contribution in [3.8, 4) is 0 Å². The van der Waals surface area contributed by atoms with E-state index < -0.39 is 0 Å². The van der Waals surface area contributed by atoms with Crippen molar-refractivity contribution in [1.82, 2.24) is 0 Å². The van der Waals surface area contributed by atoms with Gasteiger partial charge in [0.2, 0.25) is 0 Å². The van der Waals surface area contributed by atoms with Crippen molar-refractivity contribution in [1.29, 1.82) is 0 Å². The smallest absolute Gasteiger partial charge is 0.333 e. The van der Waals surface area contributed by atoms with E-state index in [-0.39, 0.29) is 12.1 Å². The molecular weight excluding hydrogens is 176 g/mol. The molecule has 0 bridgehead atoms. The van der Waals surface area contributed by atoms with E-state index in [4.69, 9.17) is 4.74 Å². The first kappa shape index (κ1) is 11.3. The Morgan fingerprint density at radius 3 is 2.79 bits per heavy atom. The maximum absolute atomic E-state index is 11.3. The van der Waals surface area contributed by atoms with Gasteiger partial charge in [-0.1, -0.05) is 13.5 Å². The van der Waals surface area contributed by atoms with E-state index in [1.807, 2.05) is 0 Å². The molecule has 1 rings (SSSR count). The van der Waals surface area contributed by atoms with E-state index in [2.05, 4.69) is 19.9 Å². The summed E-state index contributed by atoms with van der Waals surface area (Å²) in [5.41, 5.74) is 0.493. The van der Waals surface area contributed by atoms with Crippen LogP contribution in [0, 0.1) is 12.3 Å². The number of carbonyl (C=O) groups excluding carboxylic acids is 1. The number of hydrogen-bond acceptors (Lipinski definition) is 2. The van der Waals surface area contributed by atoms with Crippen molar-refractivity contribution in [2.45, 2.75) is 45.6 Å². The van der Waals surface area contributed by atoms with Crippen molar-refractivity contribution < 1.29 is 9.53 Å². The summed E-state index contributed by atoms with van der Waals surface area (Å²) in [7, 11) is 0. The van der Waals surface area contributed by atoms with E-state index in [1.165, 1.54) is 6.42 Å². The lowest BCUT2D eigenvalue weighted by atomic mass is 9.85. The van der Waals surface area contributed by atoms with Crippen molar-refractivity contribution in [3.05, 3.63) is 18.6 Å². The van der Waals surface area contributed by atoms with E-state index in [0.717, 1.165) is 19.3 Å². The summed E-state index contributed by atoms with van der Waals surface area (Å²) in [6.07, 6.45) is 6.69. The van der Waals surface area contributed by atoms with E-state index in [0.29, 0.717) is 11.5 Å². The minimum Gasteiger partial charge on any atom is -0.459 e. The monoisotopic (exact) mass is 195 g/mol. The van der Waals surface area contributed by atoms with Crippen LogP contribution in [-0.4, -0.2) is 12.1 Å². The zero-order valence-corrected chi connectivity index (χ0v) is 9.08. The van der Waals surface area contributed by atoms with E-state index in [9.17, 15) is 4.79 Å². The molecule has 2 heteroatoms. The topological polar surface area (TPSA) is 26.3 Å². The lowest BCUT2D eigenvalue weighted by Crippen LogP contribution is -2.25. The number of rotatable bonds is 3. The first-order chi connectivity index (χ1) is 6.63. The van der Waals surface area contributed by atoms with Crippen LogP contribution in [0.25, 0.3) is 0 Å². The maximum atomic E-state index is 11.3. The second kappa shape index (κ2) is 5.18. The van der Waals surface area contributed by atoms with Gasteiger partial charge >= 0.3 is 5.97 Å². The molecule has 2 atom stereocenters. The third kappa shape index (κ3) is 3.17. The highest BCUT2D eigenvalue weighted by Gasteiger charge is 2.23. The Balaban J connectivity index is 2.37. The highest BCUT2D eigenvalue weighted by Crippen LogP contribution is 2.28. The average molecular weight is 195 g/mol. The zero-order chi connectivity index (χ0) is 10.6. The Hall–Kier alpha value is -0.790. The predicted molar refractivity (Wildman–Crippen MR) is 56.6 cm³/mol. The molecule has 0 aliphatic heterocycles. The van der Waals surface area contributed by atoms with Gasteiger partial charge in [0.15, 0.2) is 0 Å². The predicted octanol–water partition coefficient (Wildman–Crippen LogP) is 2.89. The minimum absolute atomic E-state index is 0.106. The molecule has 0 aromatic carbocycles. The Bertz CT molecular complexity index is 220. The molecule has 0 N–H and O–H groups in total. The molecule has 0 spiro atoms. The van der Waals surface area contributed by atoms with Gasteiger partial charge in [-0.2, -0.15) is 0 Å². The molecule has 1 aliphatic rings. The highest BCUT2D eigenvalue weighted by molar-refractivity contribution is 5.87. The molecule has 1 radical (unpaired) electrons. The Morgan fingerprint density at radius 1 is 1.50 bits per heavy atom. The van der Waals surface area contributed by atoms with Crippen LogP contribution in [0.5, 0.6) is 0 Å². The summed E-state index contributed by atoms with van der Waals surface area (Å²) in [5, 5.41) is 0. The third-order valence-corrected chi connectivity index (χ3v) is 2.76. The molecule has 2 unspecified atom stereocenters. The van der Waals surface area contributed by atoms with Gasteiger partial charge in [-0.05, 0) is 44.9 Å². The zero-order valence-electron chi connectivity index (χ0n) is 9.08. The van der Waals surface area contributed by atoms with Gasteiger partial charge in [-0.15, -0.1) is 0 Å². The van der Waals surface area contributed by atoms with Gasteiger partial charge in [-0.3, -0.25) is 0 Å². The van der Waals surface area contributed by atoms with Crippen molar-refractivity contribution in [2.75, 3.05) is 0 Å². The molecule has 1 aliphatic carbocycles. The van der Waals surface area contributed by atoms with Gasteiger partial charge in [0, 0.05) is 5.57 Å². The molecule has 0 aromatic heterocycles. The number of ether oxygens (including phenoxy) is 1. The SMILES string of the molecule is C=C(C)C(=O)OC1CCCC([CH]C)C1. The summed E-state index contributed by atoms with van der Waals surface area (Å²) in [5.74, 6) is 0.374. The van der Waals surface area contributed by atoms with Crippen molar-refractivity contribution >= 4 is 5.97 Å². The van der Waals surface area contributed by atoms with Gasteiger partial charge in [-0.25, -0.2) is 4.79 Å².